The number of amides is 17. The van der Waals surface area contributed by atoms with Crippen LogP contribution in [0.5, 0.6) is 5.75 Å². The predicted octanol–water partition coefficient (Wildman–Crippen LogP) is -1.77. The first-order valence-corrected chi connectivity index (χ1v) is 47.2. The van der Waals surface area contributed by atoms with Crippen molar-refractivity contribution in [2.24, 2.45) is 23.1 Å². The number of carbonyl (C=O) groups is 17. The molecule has 0 bridgehead atoms. The molecule has 3 fully saturated rings. The van der Waals surface area contributed by atoms with Gasteiger partial charge in [-0.2, -0.15) is 0 Å². The number of fused-ring (bicyclic) bond motifs is 4. The second kappa shape index (κ2) is 50.7. The van der Waals surface area contributed by atoms with Gasteiger partial charge >= 0.3 is 0 Å². The highest BCUT2D eigenvalue weighted by Gasteiger charge is 2.46. The van der Waals surface area contributed by atoms with Gasteiger partial charge in [-0.25, -0.2) is 9.97 Å². The topological polar surface area (TPSA) is 638 Å². The molecule has 3 saturated heterocycles. The number of nitrogens with two attached hydrogens (primary N) is 3. The third kappa shape index (κ3) is 29.8. The minimum atomic E-state index is -1.86. The number of imidazole rings is 1. The maximum Gasteiger partial charge on any atom is 0.246 e. The number of aliphatic hydroxyl groups excluding tert-OH is 1. The number of unbranched alkanes of at least 4 members (excludes halogenated alkanes) is 2. The molecule has 3 aromatic carbocycles. The highest BCUT2D eigenvalue weighted by Crippen LogP contribution is 2.29. The maximum absolute atomic E-state index is 15.7. The van der Waals surface area contributed by atoms with Crippen LogP contribution in [0.25, 0.3) is 21.1 Å². The third-order valence-corrected chi connectivity index (χ3v) is 26.0. The van der Waals surface area contributed by atoms with Crippen molar-refractivity contribution in [3.05, 3.63) is 113 Å². The SMILES string of the molecule is CCCC[C@H]1C(=O)N(C)[C@@H](CCCC)C(=O)N[C@@H](CCCNC(=N)N)C(=O)N[C@H](C(=O)NCC(N)=O)CSCC(=O)NC(Cc2ccc(O)cc2)C(=O)N(C)[C@@H](C)C(=O)N[C@@H](CC(N)=O)C(=O)N2CCC[C@H]2C(=O)N[C@@H](Cc2cnc[nH]2)C(=O)N[C@@H](CC(C)C)C(=O)N2CCC[C@H]2C(=O)N[C@@H](Cc2c[nH]c3ccccc23)C(=O)N[C@@H](CO)C(=O)N[C@@H](Cc2nc3ccccc3s2)C(=O)N1C. The number of para-hydroxylation sites is 2. The fourth-order valence-corrected chi connectivity index (χ4v) is 18.3. The van der Waals surface area contributed by atoms with Gasteiger partial charge < -0.3 is 120 Å². The largest absolute Gasteiger partial charge is 0.508 e. The van der Waals surface area contributed by atoms with Gasteiger partial charge in [0.2, 0.25) is 100 Å². The standard InChI is InChI=1S/C90H126N24O19S2/c1-9-11-24-67-82(126)102-58(23-17-33-96-90(93)94)78(122)109-66(77(121)98-44-73(92)118)46-134-47-74(119)100-62(37-51-29-31-54(116)32-30-51)85(129)110(6)50(5)76(120)105-63(40-72(91)117)88(132)114-35-19-27-69(114)84(128)104-60(39-53-43-95-48-99-53)80(124)106-61(36-49(3)4)87(131)113-34-18-26-68(113)83(127)103-59(38-52-42-97-56-21-14-13-20-55(52)56)79(123)108-65(45-115)81(125)107-64(41-75-101-57-22-15-16-28-71(57)135-75)86(130)112(8)70(25-12-10-2)89(133)111(67)7/h13-16,20-22,28-32,42-43,48-50,58-70,97,115-116H,9-12,17-19,23-27,33-41,44-47H2,1-8H3,(H2,91,117)(H2,92,118)(H,95,99)(H,98,121)(H,100,119)(H,102,126)(H,103,127)(H,104,128)(H,105,120)(H,106,124)(H,107,125)(H,108,123)(H,109,122)(H4,93,94,96)/t50-,58-,59-,60-,61-,62?,63-,64-,65-,66-,67-,68-,69-,70-/m0/s1. The lowest BCUT2D eigenvalue weighted by molar-refractivity contribution is -0.149. The third-order valence-electron chi connectivity index (χ3n) is 23.9. The number of thiazole rings is 1. The Bertz CT molecular complexity index is 5180. The van der Waals surface area contributed by atoms with Crippen LogP contribution < -0.4 is 75.7 Å². The van der Waals surface area contributed by atoms with Crippen LogP contribution in [0.3, 0.4) is 0 Å². The minimum Gasteiger partial charge on any atom is -0.508 e. The van der Waals surface area contributed by atoms with Crippen molar-refractivity contribution in [2.75, 3.05) is 65.4 Å². The Kier molecular flexibility index (Phi) is 39.6. The molecule has 0 radical (unpaired) electrons. The number of benzene rings is 3. The smallest absolute Gasteiger partial charge is 0.246 e. The summed E-state index contributed by atoms with van der Waals surface area (Å²) in [7, 11) is 3.92. The Labute approximate surface area is 789 Å². The minimum absolute atomic E-state index is 0.00413. The molecule has 6 aromatic rings. The fourth-order valence-electron chi connectivity index (χ4n) is 16.4. The Morgan fingerprint density at radius 1 is 0.563 bits per heavy atom. The number of aromatic hydroxyl groups is 1. The summed E-state index contributed by atoms with van der Waals surface area (Å²) >= 11 is 1.97. The van der Waals surface area contributed by atoms with E-state index in [9.17, 15) is 53.4 Å². The maximum atomic E-state index is 15.7. The highest BCUT2D eigenvalue weighted by molar-refractivity contribution is 8.00. The second-order valence-electron chi connectivity index (χ2n) is 34.5. The molecule has 135 heavy (non-hydrogen) atoms. The van der Waals surface area contributed by atoms with E-state index in [1.54, 1.807) is 68.6 Å². The number of H-pyrrole nitrogens is 2. The van der Waals surface area contributed by atoms with Crippen LogP contribution in [0.1, 0.15) is 146 Å². The number of primary amides is 2. The molecule has 3 aliphatic rings. The van der Waals surface area contributed by atoms with Gasteiger partial charge in [-0.1, -0.05) is 95.8 Å². The lowest BCUT2D eigenvalue weighted by atomic mass is 10.0. The van der Waals surface area contributed by atoms with Gasteiger partial charge in [0.05, 0.1) is 46.9 Å². The Morgan fingerprint density at radius 3 is 1.74 bits per heavy atom. The quantitative estimate of drug-likeness (QED) is 0.0162. The average Bonchev–Trinajstić information content (AvgIpc) is 1.71. The van der Waals surface area contributed by atoms with Gasteiger partial charge in [0.25, 0.3) is 0 Å². The zero-order valence-electron chi connectivity index (χ0n) is 77.0. The van der Waals surface area contributed by atoms with Gasteiger partial charge in [0.15, 0.2) is 5.96 Å². The summed E-state index contributed by atoms with van der Waals surface area (Å²) in [5.41, 5.74) is 19.3. The van der Waals surface area contributed by atoms with Crippen molar-refractivity contribution in [3.63, 3.8) is 0 Å². The molecule has 3 aromatic heterocycles. The van der Waals surface area contributed by atoms with E-state index in [1.165, 1.54) is 81.1 Å². The first-order chi connectivity index (χ1) is 64.4. The normalized spacial score (nSPS) is 24.2. The molecule has 22 N–H and O–H groups in total. The highest BCUT2D eigenvalue weighted by atomic mass is 32.2. The lowest BCUT2D eigenvalue weighted by Gasteiger charge is -2.36. The molecule has 732 valence electrons. The van der Waals surface area contributed by atoms with E-state index >= 15 is 38.4 Å². The fraction of sp³-hybridized carbons (Fsp3) is 0.533. The molecule has 14 atom stereocenters. The molecular formula is C90H126N24O19S2. The van der Waals surface area contributed by atoms with Crippen molar-refractivity contribution >= 4 is 151 Å². The van der Waals surface area contributed by atoms with Crippen molar-refractivity contribution in [3.8, 4) is 5.75 Å². The molecule has 43 nitrogen and oxygen atoms in total. The van der Waals surface area contributed by atoms with E-state index < -0.39 is 222 Å². The summed E-state index contributed by atoms with van der Waals surface area (Å²) in [4.78, 5) is 271. The number of hydrogen-bond donors (Lipinski definition) is 19. The first-order valence-electron chi connectivity index (χ1n) is 45.3. The molecule has 0 saturated carbocycles. The molecule has 3 aliphatic heterocycles. The summed E-state index contributed by atoms with van der Waals surface area (Å²) in [6, 6.07) is -1.47. The van der Waals surface area contributed by atoms with Gasteiger partial charge in [-0.05, 0) is 112 Å². The van der Waals surface area contributed by atoms with E-state index in [0.29, 0.717) is 68.6 Å². The summed E-state index contributed by atoms with van der Waals surface area (Å²) in [5.74, 6) is -17.4. The Morgan fingerprint density at radius 2 is 1.13 bits per heavy atom. The number of phenols is 1. The molecule has 45 heteroatoms. The van der Waals surface area contributed by atoms with Crippen LogP contribution in [0.4, 0.5) is 0 Å². The average molecular weight is 1910 g/mol. The van der Waals surface area contributed by atoms with Gasteiger partial charge in [0.1, 0.15) is 90.3 Å². The predicted molar refractivity (Wildman–Crippen MR) is 500 cm³/mol. The number of guanidine groups is 1. The number of likely N-dealkylation sites (N-methyl/N-ethyl adjacent to an activating group) is 3. The van der Waals surface area contributed by atoms with Crippen LogP contribution >= 0.6 is 23.1 Å². The van der Waals surface area contributed by atoms with Gasteiger partial charge in [0, 0.05) is 101 Å². The van der Waals surface area contributed by atoms with E-state index in [1.807, 2.05) is 13.8 Å². The van der Waals surface area contributed by atoms with Gasteiger partial charge in [-0.3, -0.25) is 86.9 Å². The summed E-state index contributed by atoms with van der Waals surface area (Å²) < 4.78 is 0.714. The number of thioether (sulfide) groups is 1. The summed E-state index contributed by atoms with van der Waals surface area (Å²) in [6.45, 7) is 6.63. The van der Waals surface area contributed by atoms with Crippen LogP contribution in [-0.4, -0.2) is 311 Å². The molecule has 17 amide bonds. The van der Waals surface area contributed by atoms with Crippen molar-refractivity contribution in [1.82, 2.24) is 103 Å². The molecular weight excluding hydrogens is 1790 g/mol. The number of aromatic nitrogens is 4. The number of carbonyl (C=O) groups excluding carboxylic acids is 17. The molecule has 9 rings (SSSR count). The Hall–Kier alpha value is -13.3. The van der Waals surface area contributed by atoms with Gasteiger partial charge in [-0.15, -0.1) is 23.1 Å². The second-order valence-corrected chi connectivity index (χ2v) is 36.6. The zero-order chi connectivity index (χ0) is 98.4. The van der Waals surface area contributed by atoms with Crippen molar-refractivity contribution < 1.29 is 91.7 Å². The molecule has 0 spiro atoms. The van der Waals surface area contributed by atoms with Crippen molar-refractivity contribution in [2.45, 2.75) is 235 Å². The van der Waals surface area contributed by atoms with Crippen LogP contribution in [0.2, 0.25) is 0 Å². The van der Waals surface area contributed by atoms with E-state index in [2.05, 4.69) is 73.4 Å². The van der Waals surface area contributed by atoms with E-state index in [0.717, 1.165) is 31.4 Å². The van der Waals surface area contributed by atoms with E-state index in [-0.39, 0.29) is 115 Å². The molecule has 1 unspecified atom stereocenters. The molecule has 6 heterocycles. The summed E-state index contributed by atoms with van der Waals surface area (Å²) in [5, 5.41) is 59.6. The van der Waals surface area contributed by atoms with Crippen LogP contribution in [0.15, 0.2) is 91.5 Å². The number of aliphatic hydroxyl groups is 1. The van der Waals surface area contributed by atoms with Crippen molar-refractivity contribution in [1.29, 1.82) is 5.41 Å². The summed E-state index contributed by atoms with van der Waals surface area (Å²) in [6.07, 6.45) is 4.46. The van der Waals surface area contributed by atoms with Crippen LogP contribution in [-0.2, 0) is 107 Å². The first kappa shape index (κ1) is 105. The number of nitrogens with one attached hydrogen (secondary N) is 14. The number of rotatable bonds is 26. The zero-order valence-corrected chi connectivity index (χ0v) is 78.6. The van der Waals surface area contributed by atoms with Crippen LogP contribution in [0, 0.1) is 11.3 Å². The number of phenolic OH excluding ortho intramolecular Hbond substituents is 1. The number of nitrogens with zero attached hydrogens (tertiary/aromatic N) is 7. The lowest BCUT2D eigenvalue weighted by Crippen LogP contribution is -2.62. The van der Waals surface area contributed by atoms with E-state index in [4.69, 9.17) is 27.6 Å². The number of aromatic amines is 2. The monoisotopic (exact) mass is 1910 g/mol. The molecule has 0 aliphatic carbocycles. The number of hydrogen-bond acceptors (Lipinski definition) is 24. The Balaban J connectivity index is 1.09.